The number of rotatable bonds is 5. The zero-order chi connectivity index (χ0) is 23.6. The molecule has 0 spiro atoms. The number of alkyl halides is 3. The third-order valence-corrected chi connectivity index (χ3v) is 5.01. The minimum atomic E-state index is -4.99. The maximum absolute atomic E-state index is 13.1. The van der Waals surface area contributed by atoms with E-state index < -0.39 is 38.6 Å². The summed E-state index contributed by atoms with van der Waals surface area (Å²) in [6.45, 7) is 0.0737. The Morgan fingerprint density at radius 1 is 0.969 bits per heavy atom. The molecule has 170 valence electrons. The average molecular weight is 454 g/mol. The number of hydrogen-bond donors (Lipinski definition) is 0. The second kappa shape index (κ2) is 8.69. The third-order valence-electron chi connectivity index (χ3n) is 5.01. The molecule has 0 unspecified atom stereocenters. The van der Waals surface area contributed by atoms with Crippen molar-refractivity contribution in [3.05, 3.63) is 67.8 Å². The topological polar surface area (TPSA) is 119 Å². The second-order valence-electron chi connectivity index (χ2n) is 6.88. The molecule has 0 aromatic heterocycles. The lowest BCUT2D eigenvalue weighted by Crippen LogP contribution is -2.49. The predicted molar refractivity (Wildman–Crippen MR) is 106 cm³/mol. The summed E-state index contributed by atoms with van der Waals surface area (Å²) in [5, 5.41) is 22.9. The third kappa shape index (κ3) is 4.55. The van der Waals surface area contributed by atoms with Gasteiger partial charge >= 0.3 is 6.18 Å². The Bertz CT molecular complexity index is 1020. The van der Waals surface area contributed by atoms with Gasteiger partial charge in [0.15, 0.2) is 5.69 Å². The Hall–Kier alpha value is -3.90. The number of carbonyl (C=O) groups excluding carboxylic acids is 1. The van der Waals surface area contributed by atoms with E-state index in [2.05, 4.69) is 0 Å². The largest absolute Gasteiger partial charge is 0.497 e. The van der Waals surface area contributed by atoms with Crippen LogP contribution in [0.3, 0.4) is 0 Å². The van der Waals surface area contributed by atoms with Crippen LogP contribution in [0.25, 0.3) is 0 Å². The van der Waals surface area contributed by atoms with Gasteiger partial charge in [-0.25, -0.2) is 0 Å². The van der Waals surface area contributed by atoms with E-state index >= 15 is 0 Å². The molecule has 0 saturated carbocycles. The Morgan fingerprint density at radius 2 is 1.47 bits per heavy atom. The molecule has 3 rings (SSSR count). The van der Waals surface area contributed by atoms with Gasteiger partial charge in [0, 0.05) is 43.9 Å². The second-order valence-corrected chi connectivity index (χ2v) is 6.88. The van der Waals surface area contributed by atoms with Crippen LogP contribution in [0.2, 0.25) is 0 Å². The first-order chi connectivity index (χ1) is 15.0. The minimum Gasteiger partial charge on any atom is -0.497 e. The molecular weight excluding hydrogens is 437 g/mol. The van der Waals surface area contributed by atoms with E-state index in [0.29, 0.717) is 11.3 Å². The summed E-state index contributed by atoms with van der Waals surface area (Å²) in [4.78, 5) is 36.1. The number of amides is 1. The predicted octanol–water partition coefficient (Wildman–Crippen LogP) is 3.49. The molecule has 2 aromatic rings. The lowest BCUT2D eigenvalue weighted by Gasteiger charge is -2.35. The molecule has 1 amide bonds. The number of carbonyl (C=O) groups is 1. The zero-order valence-corrected chi connectivity index (χ0v) is 16.7. The number of hydrogen-bond acceptors (Lipinski definition) is 7. The summed E-state index contributed by atoms with van der Waals surface area (Å²) in [6, 6.07) is 6.93. The molecule has 0 bridgehead atoms. The maximum atomic E-state index is 13.1. The van der Waals surface area contributed by atoms with Gasteiger partial charge in [-0.3, -0.25) is 25.0 Å². The Labute approximate surface area is 179 Å². The van der Waals surface area contributed by atoms with Gasteiger partial charge in [-0.05, 0) is 24.3 Å². The standard InChI is InChI=1S/C19H17F3N4O6/c1-32-14-4-2-12(3-5-14)18(27)24-8-6-23(7-9-24)17-15(25(28)29)10-13(19(20,21)22)11-16(17)26(30)31/h2-5,10-11H,6-9H2,1H3. The fraction of sp³-hybridized carbons (Fsp3) is 0.316. The van der Waals surface area contributed by atoms with Crippen LogP contribution in [-0.4, -0.2) is 53.9 Å². The van der Waals surface area contributed by atoms with Crippen molar-refractivity contribution in [2.24, 2.45) is 0 Å². The summed E-state index contributed by atoms with van der Waals surface area (Å²) in [7, 11) is 1.48. The molecular formula is C19H17F3N4O6. The van der Waals surface area contributed by atoms with Crippen molar-refractivity contribution < 1.29 is 32.5 Å². The van der Waals surface area contributed by atoms with Gasteiger partial charge in [-0.1, -0.05) is 0 Å². The highest BCUT2D eigenvalue weighted by atomic mass is 19.4. The molecule has 32 heavy (non-hydrogen) atoms. The Balaban J connectivity index is 1.87. The molecule has 1 aliphatic heterocycles. The van der Waals surface area contributed by atoms with Crippen LogP contribution in [0.1, 0.15) is 15.9 Å². The Kier molecular flexibility index (Phi) is 6.18. The normalized spacial score (nSPS) is 14.2. The number of nitro benzene ring substituents is 2. The van der Waals surface area contributed by atoms with Crippen molar-refractivity contribution in [2.45, 2.75) is 6.18 Å². The van der Waals surface area contributed by atoms with Crippen LogP contribution >= 0.6 is 0 Å². The lowest BCUT2D eigenvalue weighted by molar-refractivity contribution is -0.393. The quantitative estimate of drug-likeness (QED) is 0.501. The van der Waals surface area contributed by atoms with E-state index in [-0.39, 0.29) is 44.2 Å². The summed E-state index contributed by atoms with van der Waals surface area (Å²) < 4.78 is 44.3. The van der Waals surface area contributed by atoms with Crippen molar-refractivity contribution in [3.63, 3.8) is 0 Å². The number of ether oxygens (including phenoxy) is 1. The van der Waals surface area contributed by atoms with Gasteiger partial charge in [-0.2, -0.15) is 13.2 Å². The van der Waals surface area contributed by atoms with Crippen molar-refractivity contribution in [2.75, 3.05) is 38.2 Å². The van der Waals surface area contributed by atoms with E-state index in [9.17, 15) is 38.2 Å². The molecule has 1 fully saturated rings. The smallest absolute Gasteiger partial charge is 0.416 e. The average Bonchev–Trinajstić information content (AvgIpc) is 2.77. The summed E-state index contributed by atoms with van der Waals surface area (Å²) in [6.07, 6.45) is -4.99. The number of piperazine rings is 1. The summed E-state index contributed by atoms with van der Waals surface area (Å²) in [5.41, 5.74) is -3.63. The first-order valence-corrected chi connectivity index (χ1v) is 9.25. The van der Waals surface area contributed by atoms with E-state index in [1.165, 1.54) is 16.9 Å². The number of benzene rings is 2. The summed E-state index contributed by atoms with van der Waals surface area (Å²) in [5.74, 6) is 0.247. The van der Waals surface area contributed by atoms with Crippen LogP contribution in [-0.2, 0) is 6.18 Å². The maximum Gasteiger partial charge on any atom is 0.416 e. The number of methoxy groups -OCH3 is 1. The van der Waals surface area contributed by atoms with E-state index in [0.717, 1.165) is 0 Å². The molecule has 10 nitrogen and oxygen atoms in total. The Morgan fingerprint density at radius 3 is 1.88 bits per heavy atom. The lowest BCUT2D eigenvalue weighted by atomic mass is 10.1. The van der Waals surface area contributed by atoms with Crippen molar-refractivity contribution in [1.82, 2.24) is 4.90 Å². The first-order valence-electron chi connectivity index (χ1n) is 9.25. The molecule has 1 heterocycles. The van der Waals surface area contributed by atoms with Crippen LogP contribution in [0.4, 0.5) is 30.2 Å². The molecule has 0 aliphatic carbocycles. The molecule has 0 radical (unpaired) electrons. The molecule has 1 aliphatic rings. The van der Waals surface area contributed by atoms with Crippen LogP contribution in [0, 0.1) is 20.2 Å². The van der Waals surface area contributed by atoms with Crippen molar-refractivity contribution in [3.8, 4) is 5.75 Å². The van der Waals surface area contributed by atoms with Crippen LogP contribution in [0.5, 0.6) is 5.75 Å². The monoisotopic (exact) mass is 454 g/mol. The van der Waals surface area contributed by atoms with Gasteiger partial charge in [0.2, 0.25) is 0 Å². The molecule has 0 N–H and O–H groups in total. The SMILES string of the molecule is COc1ccc(C(=O)N2CCN(c3c([N+](=O)[O-])cc(C(F)(F)F)cc3[N+](=O)[O-])CC2)cc1. The molecule has 13 heteroatoms. The highest BCUT2D eigenvalue weighted by Crippen LogP contribution is 2.43. The van der Waals surface area contributed by atoms with E-state index in [1.54, 1.807) is 24.3 Å². The number of halogens is 3. The van der Waals surface area contributed by atoms with Crippen LogP contribution in [0.15, 0.2) is 36.4 Å². The highest BCUT2D eigenvalue weighted by Gasteiger charge is 2.40. The zero-order valence-electron chi connectivity index (χ0n) is 16.7. The molecule has 2 aromatic carbocycles. The number of nitro groups is 2. The van der Waals surface area contributed by atoms with E-state index in [1.807, 2.05) is 0 Å². The van der Waals surface area contributed by atoms with E-state index in [4.69, 9.17) is 4.74 Å². The molecule has 1 saturated heterocycles. The number of anilines is 1. The summed E-state index contributed by atoms with van der Waals surface area (Å²) >= 11 is 0. The fourth-order valence-corrected chi connectivity index (χ4v) is 3.42. The van der Waals surface area contributed by atoms with Gasteiger partial charge in [0.1, 0.15) is 5.75 Å². The number of nitrogens with zero attached hydrogens (tertiary/aromatic N) is 4. The van der Waals surface area contributed by atoms with Gasteiger partial charge in [0.05, 0.1) is 22.5 Å². The minimum absolute atomic E-state index is 0.0328. The first kappa shape index (κ1) is 22.8. The van der Waals surface area contributed by atoms with Gasteiger partial charge in [-0.15, -0.1) is 0 Å². The van der Waals surface area contributed by atoms with Crippen molar-refractivity contribution >= 4 is 23.0 Å². The van der Waals surface area contributed by atoms with Crippen molar-refractivity contribution in [1.29, 1.82) is 0 Å². The fourth-order valence-electron chi connectivity index (χ4n) is 3.42. The van der Waals surface area contributed by atoms with Crippen LogP contribution < -0.4 is 9.64 Å². The van der Waals surface area contributed by atoms with Gasteiger partial charge < -0.3 is 14.5 Å². The highest BCUT2D eigenvalue weighted by molar-refractivity contribution is 5.94. The molecule has 0 atom stereocenters. The van der Waals surface area contributed by atoms with Gasteiger partial charge in [0.25, 0.3) is 17.3 Å².